The monoisotopic (exact) mass is 298 g/mol. The Hall–Kier alpha value is -0.910. The number of sulfone groups is 1. The van der Waals surface area contributed by atoms with Crippen LogP contribution in [-0.2, 0) is 16.3 Å². The van der Waals surface area contributed by atoms with Crippen LogP contribution in [0.5, 0.6) is 0 Å². The van der Waals surface area contributed by atoms with Crippen molar-refractivity contribution < 1.29 is 8.42 Å². The average molecular weight is 298 g/mol. The molecular formula is C15H26N2O2S. The zero-order chi connectivity index (χ0) is 15.2. The minimum Gasteiger partial charge on any atom is -0.330 e. The number of nitrogens with two attached hydrogens (primary N) is 2. The van der Waals surface area contributed by atoms with Gasteiger partial charge in [-0.3, -0.25) is 0 Å². The molecule has 0 heterocycles. The van der Waals surface area contributed by atoms with Crippen molar-refractivity contribution in [2.45, 2.75) is 31.6 Å². The minimum atomic E-state index is -3.12. The lowest BCUT2D eigenvalue weighted by Gasteiger charge is -2.20. The summed E-state index contributed by atoms with van der Waals surface area (Å²) in [5, 5.41) is 0. The van der Waals surface area contributed by atoms with Gasteiger partial charge in [0.1, 0.15) is 0 Å². The van der Waals surface area contributed by atoms with E-state index in [0.29, 0.717) is 36.2 Å². The van der Waals surface area contributed by atoms with E-state index in [9.17, 15) is 8.42 Å². The van der Waals surface area contributed by atoms with Crippen molar-refractivity contribution in [3.8, 4) is 0 Å². The lowest BCUT2D eigenvalue weighted by molar-refractivity contribution is 0.372. The van der Waals surface area contributed by atoms with Gasteiger partial charge in [-0.05, 0) is 55.5 Å². The van der Waals surface area contributed by atoms with Crippen molar-refractivity contribution in [3.05, 3.63) is 29.8 Å². The van der Waals surface area contributed by atoms with E-state index in [0.717, 1.165) is 12.0 Å². The summed E-state index contributed by atoms with van der Waals surface area (Å²) in [4.78, 5) is 0.407. The quantitative estimate of drug-likeness (QED) is 0.763. The maximum atomic E-state index is 11.9. The molecule has 4 nitrogen and oxygen atoms in total. The molecular weight excluding hydrogens is 272 g/mol. The van der Waals surface area contributed by atoms with Gasteiger partial charge >= 0.3 is 0 Å². The van der Waals surface area contributed by atoms with Crippen LogP contribution in [0.3, 0.4) is 0 Å². The molecule has 0 aromatic heterocycles. The van der Waals surface area contributed by atoms with Gasteiger partial charge in [0.05, 0.1) is 10.6 Å². The van der Waals surface area contributed by atoms with Crippen LogP contribution in [0, 0.1) is 11.8 Å². The second-order valence-corrected chi connectivity index (χ2v) is 7.48. The molecule has 0 amide bonds. The van der Waals surface area contributed by atoms with Gasteiger partial charge in [0, 0.05) is 0 Å². The zero-order valence-corrected chi connectivity index (χ0v) is 13.2. The van der Waals surface area contributed by atoms with Crippen LogP contribution >= 0.6 is 0 Å². The Morgan fingerprint density at radius 2 is 1.65 bits per heavy atom. The van der Waals surface area contributed by atoms with Crippen molar-refractivity contribution >= 4 is 9.84 Å². The van der Waals surface area contributed by atoms with Crippen LogP contribution in [-0.4, -0.2) is 27.3 Å². The minimum absolute atomic E-state index is 0.200. The van der Waals surface area contributed by atoms with E-state index in [-0.39, 0.29) is 5.75 Å². The second-order valence-electron chi connectivity index (χ2n) is 5.38. The molecule has 1 rings (SSSR count). The first kappa shape index (κ1) is 17.1. The lowest BCUT2D eigenvalue weighted by Crippen LogP contribution is -2.30. The van der Waals surface area contributed by atoms with Gasteiger partial charge in [-0.1, -0.05) is 26.0 Å². The molecule has 1 unspecified atom stereocenters. The van der Waals surface area contributed by atoms with Gasteiger partial charge in [-0.2, -0.15) is 0 Å². The molecule has 0 saturated carbocycles. The van der Waals surface area contributed by atoms with E-state index >= 15 is 0 Å². The molecule has 1 aromatic rings. The van der Waals surface area contributed by atoms with Crippen LogP contribution in [0.25, 0.3) is 0 Å². The van der Waals surface area contributed by atoms with Crippen LogP contribution in [0.2, 0.25) is 0 Å². The highest BCUT2D eigenvalue weighted by Crippen LogP contribution is 2.19. The topological polar surface area (TPSA) is 86.2 Å². The summed E-state index contributed by atoms with van der Waals surface area (Å²) in [6, 6.07) is 7.19. The van der Waals surface area contributed by atoms with Crippen molar-refractivity contribution in [2.75, 3.05) is 18.8 Å². The molecule has 0 aliphatic heterocycles. The first-order valence-electron chi connectivity index (χ1n) is 7.16. The summed E-state index contributed by atoms with van der Waals surface area (Å²) in [5.41, 5.74) is 12.5. The molecule has 1 atom stereocenters. The Labute approximate surface area is 122 Å². The molecule has 1 aromatic carbocycles. The van der Waals surface area contributed by atoms with E-state index in [4.69, 9.17) is 11.5 Å². The highest BCUT2D eigenvalue weighted by atomic mass is 32.2. The number of rotatable bonds is 8. The molecule has 0 aliphatic rings. The van der Waals surface area contributed by atoms with Crippen molar-refractivity contribution in [1.29, 1.82) is 0 Å². The molecule has 0 bridgehead atoms. The molecule has 5 heteroatoms. The predicted octanol–water partition coefficient (Wildman–Crippen LogP) is 1.58. The Morgan fingerprint density at radius 3 is 2.10 bits per heavy atom. The Kier molecular flexibility index (Phi) is 6.65. The molecule has 114 valence electrons. The third-order valence-corrected chi connectivity index (χ3v) is 5.66. The number of benzene rings is 1. The third kappa shape index (κ3) is 4.58. The van der Waals surface area contributed by atoms with Gasteiger partial charge in [0.25, 0.3) is 0 Å². The molecule has 0 radical (unpaired) electrons. The maximum absolute atomic E-state index is 11.9. The van der Waals surface area contributed by atoms with Crippen LogP contribution < -0.4 is 11.5 Å². The largest absolute Gasteiger partial charge is 0.330 e. The zero-order valence-electron chi connectivity index (χ0n) is 12.4. The summed E-state index contributed by atoms with van der Waals surface area (Å²) in [7, 11) is -3.12. The van der Waals surface area contributed by atoms with Crippen molar-refractivity contribution in [1.82, 2.24) is 0 Å². The lowest BCUT2D eigenvalue weighted by atomic mass is 9.88. The number of hydrogen-bond donors (Lipinski definition) is 2. The van der Waals surface area contributed by atoms with Gasteiger partial charge in [0.15, 0.2) is 9.84 Å². The SMILES string of the molecule is CCCS(=O)(=O)c1ccc(CC(C)C(CN)CN)cc1. The molecule has 4 N–H and O–H groups in total. The van der Waals surface area contributed by atoms with Gasteiger partial charge in [0.2, 0.25) is 0 Å². The molecule has 0 aliphatic carbocycles. The Bertz CT molecular complexity index is 493. The molecule has 0 saturated heterocycles. The van der Waals surface area contributed by atoms with Crippen molar-refractivity contribution in [2.24, 2.45) is 23.3 Å². The van der Waals surface area contributed by atoms with E-state index in [2.05, 4.69) is 6.92 Å². The normalized spacial score (nSPS) is 13.7. The first-order chi connectivity index (χ1) is 9.44. The smallest absolute Gasteiger partial charge is 0.178 e. The summed E-state index contributed by atoms with van der Waals surface area (Å²) in [6.45, 7) is 5.17. The summed E-state index contributed by atoms with van der Waals surface area (Å²) >= 11 is 0. The van der Waals surface area contributed by atoms with E-state index in [1.807, 2.05) is 19.1 Å². The summed E-state index contributed by atoms with van der Waals surface area (Å²) < 4.78 is 23.9. The van der Waals surface area contributed by atoms with Gasteiger partial charge in [-0.15, -0.1) is 0 Å². The van der Waals surface area contributed by atoms with Crippen LogP contribution in [0.4, 0.5) is 0 Å². The van der Waals surface area contributed by atoms with Crippen molar-refractivity contribution in [3.63, 3.8) is 0 Å². The van der Waals surface area contributed by atoms with Gasteiger partial charge < -0.3 is 11.5 Å². The van der Waals surface area contributed by atoms with E-state index in [1.165, 1.54) is 0 Å². The standard InChI is InChI=1S/C15H26N2O2S/c1-3-8-20(18,19)15-6-4-13(5-7-15)9-12(2)14(10-16)11-17/h4-7,12,14H,3,8-11,16-17H2,1-2H3. The second kappa shape index (κ2) is 7.76. The fourth-order valence-corrected chi connectivity index (χ4v) is 3.64. The van der Waals surface area contributed by atoms with Crippen LogP contribution in [0.1, 0.15) is 25.8 Å². The highest BCUT2D eigenvalue weighted by Gasteiger charge is 2.16. The van der Waals surface area contributed by atoms with Gasteiger partial charge in [-0.25, -0.2) is 8.42 Å². The first-order valence-corrected chi connectivity index (χ1v) is 8.81. The Balaban J connectivity index is 2.77. The highest BCUT2D eigenvalue weighted by molar-refractivity contribution is 7.91. The third-order valence-electron chi connectivity index (χ3n) is 3.72. The average Bonchev–Trinajstić information content (AvgIpc) is 2.40. The summed E-state index contributed by atoms with van der Waals surface area (Å²) in [5.74, 6) is 0.895. The molecule has 0 fully saturated rings. The molecule has 0 spiro atoms. The summed E-state index contributed by atoms with van der Waals surface area (Å²) in [6.07, 6.45) is 1.50. The fourth-order valence-electron chi connectivity index (χ4n) is 2.32. The fraction of sp³-hybridized carbons (Fsp3) is 0.600. The number of hydrogen-bond acceptors (Lipinski definition) is 4. The molecule has 20 heavy (non-hydrogen) atoms. The van der Waals surface area contributed by atoms with E-state index in [1.54, 1.807) is 12.1 Å². The van der Waals surface area contributed by atoms with Crippen LogP contribution in [0.15, 0.2) is 29.2 Å². The van der Waals surface area contributed by atoms with E-state index < -0.39 is 9.84 Å². The Morgan fingerprint density at radius 1 is 1.10 bits per heavy atom. The maximum Gasteiger partial charge on any atom is 0.178 e. The predicted molar refractivity (Wildman–Crippen MR) is 83.3 cm³/mol.